The van der Waals surface area contributed by atoms with Crippen LogP contribution in [-0.4, -0.2) is 53.2 Å². The number of nitrogens with two attached hydrogens (primary N) is 2. The summed E-state index contributed by atoms with van der Waals surface area (Å²) in [6.07, 6.45) is 4.07. The summed E-state index contributed by atoms with van der Waals surface area (Å²) in [6.45, 7) is 4.50. The Labute approximate surface area is 169 Å². The largest absolute Gasteiger partial charge is 0.381 e. The van der Waals surface area contributed by atoms with Crippen LogP contribution in [0.4, 0.5) is 23.1 Å². The number of rotatable bonds is 9. The molecule has 1 aliphatic heterocycles. The first kappa shape index (κ1) is 20.7. The number of pyridine rings is 1. The maximum atomic E-state index is 12.0. The lowest BCUT2D eigenvalue weighted by Gasteiger charge is -2.25. The smallest absolute Gasteiger partial charge is 0.271 e. The molecule has 0 atom stereocenters. The summed E-state index contributed by atoms with van der Waals surface area (Å²) in [5, 5.41) is 9.71. The Kier molecular flexibility index (Phi) is 7.14. The van der Waals surface area contributed by atoms with Gasteiger partial charge in [-0.1, -0.05) is 6.92 Å². The second-order valence-corrected chi connectivity index (χ2v) is 6.74. The molecule has 156 valence electrons. The van der Waals surface area contributed by atoms with Crippen molar-refractivity contribution in [1.82, 2.24) is 15.0 Å². The molecule has 1 fully saturated rings. The number of aryl methyl sites for hydroxylation is 1. The monoisotopic (exact) mass is 400 g/mol. The molecular formula is C19H28N8O2. The first-order chi connectivity index (χ1) is 14.1. The van der Waals surface area contributed by atoms with E-state index in [9.17, 15) is 4.79 Å². The maximum Gasteiger partial charge on any atom is 0.271 e. The molecule has 3 rings (SSSR count). The average Bonchev–Trinajstić information content (AvgIpc) is 2.73. The van der Waals surface area contributed by atoms with E-state index in [1.165, 1.54) is 0 Å². The molecule has 29 heavy (non-hydrogen) atoms. The first-order valence-electron chi connectivity index (χ1n) is 9.82. The second-order valence-electron chi connectivity index (χ2n) is 6.74. The number of ether oxygens (including phenoxy) is 1. The molecule has 0 bridgehead atoms. The molecule has 2 aromatic rings. The molecule has 0 spiro atoms. The van der Waals surface area contributed by atoms with Crippen molar-refractivity contribution in [3.63, 3.8) is 0 Å². The first-order valence-corrected chi connectivity index (χ1v) is 9.82. The quantitative estimate of drug-likeness (QED) is 0.418. The van der Waals surface area contributed by atoms with Crippen LogP contribution < -0.4 is 27.4 Å². The van der Waals surface area contributed by atoms with Crippen LogP contribution in [0.2, 0.25) is 0 Å². The molecule has 10 nitrogen and oxygen atoms in total. The Morgan fingerprint density at radius 2 is 2.07 bits per heavy atom. The van der Waals surface area contributed by atoms with Gasteiger partial charge in [-0.25, -0.2) is 15.0 Å². The number of carbonyl (C=O) groups is 1. The number of aromatic nitrogens is 3. The van der Waals surface area contributed by atoms with Crippen molar-refractivity contribution in [2.75, 3.05) is 42.3 Å². The van der Waals surface area contributed by atoms with E-state index >= 15 is 0 Å². The third kappa shape index (κ3) is 5.52. The molecule has 0 aromatic carbocycles. The fraction of sp³-hybridized carbons (Fsp3) is 0.474. The Balaban J connectivity index is 1.89. The zero-order valence-corrected chi connectivity index (χ0v) is 16.6. The van der Waals surface area contributed by atoms with Gasteiger partial charge in [0.2, 0.25) is 0 Å². The summed E-state index contributed by atoms with van der Waals surface area (Å²) >= 11 is 0. The number of anilines is 4. The van der Waals surface area contributed by atoms with Crippen LogP contribution in [-0.2, 0) is 11.2 Å². The van der Waals surface area contributed by atoms with E-state index in [-0.39, 0.29) is 11.7 Å². The van der Waals surface area contributed by atoms with Crippen LogP contribution in [0.15, 0.2) is 18.3 Å². The number of hydrogen-bond acceptors (Lipinski definition) is 9. The predicted octanol–water partition coefficient (Wildman–Crippen LogP) is 1.24. The van der Waals surface area contributed by atoms with Crippen LogP contribution in [0, 0.1) is 0 Å². The van der Waals surface area contributed by atoms with Gasteiger partial charge in [0, 0.05) is 50.3 Å². The number of nitrogens with one attached hydrogen (secondary N) is 3. The van der Waals surface area contributed by atoms with E-state index in [0.29, 0.717) is 61.6 Å². The van der Waals surface area contributed by atoms with Gasteiger partial charge in [0.25, 0.3) is 5.91 Å². The van der Waals surface area contributed by atoms with E-state index in [2.05, 4.69) is 30.9 Å². The fourth-order valence-corrected chi connectivity index (χ4v) is 3.07. The van der Waals surface area contributed by atoms with Gasteiger partial charge in [-0.05, 0) is 25.3 Å². The number of amides is 1. The summed E-state index contributed by atoms with van der Waals surface area (Å²) in [5.74, 6) is 0.991. The SMILES string of the molecule is CCc1nc(C(N)=O)c(Nc2ccnc(NCCN)c2)nc1NC1CCOCC1. The Morgan fingerprint density at radius 1 is 1.28 bits per heavy atom. The van der Waals surface area contributed by atoms with Gasteiger partial charge in [0.1, 0.15) is 5.82 Å². The van der Waals surface area contributed by atoms with Gasteiger partial charge in [0.15, 0.2) is 17.3 Å². The number of carbonyl (C=O) groups excluding carboxylic acids is 1. The predicted molar refractivity (Wildman–Crippen MR) is 112 cm³/mol. The average molecular weight is 400 g/mol. The van der Waals surface area contributed by atoms with Crippen LogP contribution in [0.25, 0.3) is 0 Å². The summed E-state index contributed by atoms with van der Waals surface area (Å²) in [5.41, 5.74) is 12.6. The van der Waals surface area contributed by atoms with Crippen molar-refractivity contribution < 1.29 is 9.53 Å². The van der Waals surface area contributed by atoms with Crippen LogP contribution >= 0.6 is 0 Å². The maximum absolute atomic E-state index is 12.0. The molecular weight excluding hydrogens is 372 g/mol. The minimum Gasteiger partial charge on any atom is -0.381 e. The standard InChI is InChI=1S/C19H28N8O2/c1-2-14-18(24-12-4-9-29-10-5-12)27-19(16(26-14)17(21)28)25-13-3-7-22-15(11-13)23-8-6-20/h3,7,11-12H,2,4-6,8-10,20H2,1H3,(H2,21,28)(H3,22,23,24,25,27). The lowest BCUT2D eigenvalue weighted by Crippen LogP contribution is -2.29. The molecule has 3 heterocycles. The highest BCUT2D eigenvalue weighted by atomic mass is 16.5. The van der Waals surface area contributed by atoms with E-state index in [0.717, 1.165) is 12.8 Å². The van der Waals surface area contributed by atoms with Gasteiger partial charge in [-0.15, -0.1) is 0 Å². The Morgan fingerprint density at radius 3 is 2.76 bits per heavy atom. The zero-order chi connectivity index (χ0) is 20.6. The molecule has 2 aromatic heterocycles. The molecule has 0 unspecified atom stereocenters. The number of nitrogens with zero attached hydrogens (tertiary/aromatic N) is 3. The van der Waals surface area contributed by atoms with E-state index < -0.39 is 5.91 Å². The molecule has 1 aliphatic rings. The Bertz CT molecular complexity index is 839. The minimum absolute atomic E-state index is 0.104. The summed E-state index contributed by atoms with van der Waals surface area (Å²) in [4.78, 5) is 25.4. The van der Waals surface area contributed by atoms with E-state index in [4.69, 9.17) is 16.2 Å². The van der Waals surface area contributed by atoms with Gasteiger partial charge in [0.05, 0.1) is 5.69 Å². The summed E-state index contributed by atoms with van der Waals surface area (Å²) in [6, 6.07) is 3.84. The normalized spacial score (nSPS) is 14.4. The molecule has 0 aliphatic carbocycles. The number of hydrogen-bond donors (Lipinski definition) is 5. The second kappa shape index (κ2) is 9.99. The van der Waals surface area contributed by atoms with Crippen molar-refractivity contribution in [2.24, 2.45) is 11.5 Å². The Hall–Kier alpha value is -2.98. The number of primary amides is 1. The summed E-state index contributed by atoms with van der Waals surface area (Å²) < 4.78 is 5.42. The lowest BCUT2D eigenvalue weighted by molar-refractivity contribution is 0.0903. The molecule has 0 saturated carbocycles. The van der Waals surface area contributed by atoms with Crippen molar-refractivity contribution >= 4 is 29.0 Å². The van der Waals surface area contributed by atoms with Crippen molar-refractivity contribution in [3.05, 3.63) is 29.7 Å². The fourth-order valence-electron chi connectivity index (χ4n) is 3.07. The van der Waals surface area contributed by atoms with Gasteiger partial charge in [-0.3, -0.25) is 4.79 Å². The lowest BCUT2D eigenvalue weighted by atomic mass is 10.1. The van der Waals surface area contributed by atoms with Gasteiger partial charge >= 0.3 is 0 Å². The highest BCUT2D eigenvalue weighted by Gasteiger charge is 2.20. The van der Waals surface area contributed by atoms with Gasteiger partial charge < -0.3 is 32.2 Å². The van der Waals surface area contributed by atoms with Crippen molar-refractivity contribution in [1.29, 1.82) is 0 Å². The van der Waals surface area contributed by atoms with Crippen molar-refractivity contribution in [3.8, 4) is 0 Å². The summed E-state index contributed by atoms with van der Waals surface area (Å²) in [7, 11) is 0. The minimum atomic E-state index is -0.636. The van der Waals surface area contributed by atoms with E-state index in [1.807, 2.05) is 6.92 Å². The van der Waals surface area contributed by atoms with Gasteiger partial charge in [-0.2, -0.15) is 0 Å². The van der Waals surface area contributed by atoms with Crippen LogP contribution in [0.3, 0.4) is 0 Å². The highest BCUT2D eigenvalue weighted by molar-refractivity contribution is 5.96. The van der Waals surface area contributed by atoms with Crippen molar-refractivity contribution in [2.45, 2.75) is 32.2 Å². The third-order valence-corrected chi connectivity index (χ3v) is 4.57. The van der Waals surface area contributed by atoms with Crippen LogP contribution in [0.1, 0.15) is 35.9 Å². The topological polar surface area (TPSA) is 153 Å². The van der Waals surface area contributed by atoms with Crippen LogP contribution in [0.5, 0.6) is 0 Å². The molecule has 1 amide bonds. The highest BCUT2D eigenvalue weighted by Crippen LogP contribution is 2.25. The third-order valence-electron chi connectivity index (χ3n) is 4.57. The molecule has 1 saturated heterocycles. The zero-order valence-electron chi connectivity index (χ0n) is 16.6. The molecule has 10 heteroatoms. The molecule has 7 N–H and O–H groups in total. The van der Waals surface area contributed by atoms with E-state index in [1.54, 1.807) is 18.3 Å². The molecule has 0 radical (unpaired) electrons.